The molecule has 0 fully saturated rings. The van der Waals surface area contributed by atoms with Crippen molar-refractivity contribution in [3.63, 3.8) is 0 Å². The third-order valence-electron chi connectivity index (χ3n) is 2.87. The average Bonchev–Trinajstić information content (AvgIpc) is 2.56. The second kappa shape index (κ2) is 9.02. The molecule has 1 amide bonds. The molecule has 0 aliphatic rings. The van der Waals surface area contributed by atoms with Gasteiger partial charge in [-0.25, -0.2) is 4.79 Å². The summed E-state index contributed by atoms with van der Waals surface area (Å²) in [5.41, 5.74) is 0.599. The molecule has 0 aliphatic carbocycles. The van der Waals surface area contributed by atoms with Gasteiger partial charge in [-0.15, -0.1) is 0 Å². The summed E-state index contributed by atoms with van der Waals surface area (Å²) in [5, 5.41) is 11.7. The third-order valence-corrected chi connectivity index (χ3v) is 3.15. The van der Waals surface area contributed by atoms with Crippen molar-refractivity contribution in [1.82, 2.24) is 5.32 Å². The standard InChI is InChI=1S/C15H18ClNO6/c1-21-12-7-9(6-10(16)14(12)22-2)4-5-13(19)17-11(8-18)15(20)23-3/h4-7,11,18H,8H2,1-3H3,(H,17,19)/b5-4+/t11-/m1/s1. The molecule has 0 heterocycles. The summed E-state index contributed by atoms with van der Waals surface area (Å²) < 4.78 is 14.7. The fraction of sp³-hybridized carbons (Fsp3) is 0.333. The summed E-state index contributed by atoms with van der Waals surface area (Å²) >= 11 is 6.06. The van der Waals surface area contributed by atoms with Crippen LogP contribution in [0.1, 0.15) is 5.56 Å². The van der Waals surface area contributed by atoms with E-state index in [1.165, 1.54) is 33.5 Å². The van der Waals surface area contributed by atoms with Gasteiger partial charge in [0.15, 0.2) is 17.5 Å². The van der Waals surface area contributed by atoms with Gasteiger partial charge in [0.25, 0.3) is 0 Å². The van der Waals surface area contributed by atoms with Crippen LogP contribution < -0.4 is 14.8 Å². The van der Waals surface area contributed by atoms with Crippen molar-refractivity contribution in [3.05, 3.63) is 28.8 Å². The van der Waals surface area contributed by atoms with Gasteiger partial charge < -0.3 is 24.6 Å². The van der Waals surface area contributed by atoms with Gasteiger partial charge in [-0.2, -0.15) is 0 Å². The number of ether oxygens (including phenoxy) is 3. The predicted octanol–water partition coefficient (Wildman–Crippen LogP) is 1.02. The lowest BCUT2D eigenvalue weighted by molar-refractivity contribution is -0.145. The van der Waals surface area contributed by atoms with E-state index < -0.39 is 24.5 Å². The Balaban J connectivity index is 2.86. The molecule has 1 rings (SSSR count). The number of carbonyl (C=O) groups excluding carboxylic acids is 2. The number of hydrogen-bond donors (Lipinski definition) is 2. The lowest BCUT2D eigenvalue weighted by Gasteiger charge is -2.12. The number of methoxy groups -OCH3 is 3. The molecule has 2 N–H and O–H groups in total. The molecule has 0 spiro atoms. The zero-order valence-electron chi connectivity index (χ0n) is 13.0. The third kappa shape index (κ3) is 5.15. The topological polar surface area (TPSA) is 94.1 Å². The smallest absolute Gasteiger partial charge is 0.330 e. The molecule has 0 saturated carbocycles. The number of aliphatic hydroxyl groups excluding tert-OH is 1. The molecule has 0 aliphatic heterocycles. The molecule has 1 aromatic carbocycles. The molecule has 7 nitrogen and oxygen atoms in total. The first-order chi connectivity index (χ1) is 11.0. The number of benzene rings is 1. The van der Waals surface area contributed by atoms with E-state index in [1.54, 1.807) is 12.1 Å². The van der Waals surface area contributed by atoms with Crippen LogP contribution in [-0.4, -0.2) is 51.0 Å². The number of carbonyl (C=O) groups is 2. The largest absolute Gasteiger partial charge is 0.493 e. The van der Waals surface area contributed by atoms with Gasteiger partial charge in [0.2, 0.25) is 5.91 Å². The molecular formula is C15H18ClNO6. The van der Waals surface area contributed by atoms with Crippen molar-refractivity contribution in [2.45, 2.75) is 6.04 Å². The monoisotopic (exact) mass is 343 g/mol. The van der Waals surface area contributed by atoms with Crippen LogP contribution in [0.2, 0.25) is 5.02 Å². The maximum absolute atomic E-state index is 11.8. The number of hydrogen-bond acceptors (Lipinski definition) is 6. The van der Waals surface area contributed by atoms with Crippen LogP contribution in [0.3, 0.4) is 0 Å². The van der Waals surface area contributed by atoms with Gasteiger partial charge in [-0.3, -0.25) is 4.79 Å². The van der Waals surface area contributed by atoms with Crippen molar-refractivity contribution in [1.29, 1.82) is 0 Å². The van der Waals surface area contributed by atoms with Crippen molar-refractivity contribution < 1.29 is 28.9 Å². The van der Waals surface area contributed by atoms with Crippen LogP contribution in [0.5, 0.6) is 11.5 Å². The maximum Gasteiger partial charge on any atom is 0.330 e. The van der Waals surface area contributed by atoms with Gasteiger partial charge in [0.1, 0.15) is 0 Å². The van der Waals surface area contributed by atoms with Crippen molar-refractivity contribution in [2.75, 3.05) is 27.9 Å². The van der Waals surface area contributed by atoms with Crippen molar-refractivity contribution >= 4 is 29.6 Å². The molecular weight excluding hydrogens is 326 g/mol. The van der Waals surface area contributed by atoms with E-state index in [1.807, 2.05) is 0 Å². The zero-order chi connectivity index (χ0) is 17.4. The Morgan fingerprint density at radius 1 is 1.30 bits per heavy atom. The molecule has 1 atom stereocenters. The molecule has 0 unspecified atom stereocenters. The van der Waals surface area contributed by atoms with E-state index in [4.69, 9.17) is 26.2 Å². The van der Waals surface area contributed by atoms with Crippen LogP contribution in [0, 0.1) is 0 Å². The van der Waals surface area contributed by atoms with Gasteiger partial charge in [-0.05, 0) is 23.8 Å². The van der Waals surface area contributed by atoms with Crippen molar-refractivity contribution in [2.24, 2.45) is 0 Å². The lowest BCUT2D eigenvalue weighted by Crippen LogP contribution is -2.43. The maximum atomic E-state index is 11.8. The summed E-state index contributed by atoms with van der Waals surface area (Å²) in [5.74, 6) is -0.492. The lowest BCUT2D eigenvalue weighted by atomic mass is 10.2. The quantitative estimate of drug-likeness (QED) is 0.567. The molecule has 0 aromatic heterocycles. The second-order valence-corrected chi connectivity index (χ2v) is 4.75. The highest BCUT2D eigenvalue weighted by Crippen LogP contribution is 2.36. The van der Waals surface area contributed by atoms with Crippen molar-refractivity contribution in [3.8, 4) is 11.5 Å². The minimum atomic E-state index is -1.12. The normalized spacial score (nSPS) is 11.9. The Hall–Kier alpha value is -2.25. The van der Waals surface area contributed by atoms with E-state index in [2.05, 4.69) is 10.1 Å². The number of halogens is 1. The second-order valence-electron chi connectivity index (χ2n) is 4.34. The average molecular weight is 344 g/mol. The molecule has 1 aromatic rings. The molecule has 0 radical (unpaired) electrons. The summed E-state index contributed by atoms with van der Waals surface area (Å²) in [6.45, 7) is -0.561. The summed E-state index contributed by atoms with van der Waals surface area (Å²) in [6, 6.07) is 2.11. The Bertz CT molecular complexity index is 602. The van der Waals surface area contributed by atoms with E-state index in [9.17, 15) is 9.59 Å². The number of amides is 1. The summed E-state index contributed by atoms with van der Waals surface area (Å²) in [6.07, 6.45) is 2.68. The Morgan fingerprint density at radius 3 is 2.52 bits per heavy atom. The number of esters is 1. The van der Waals surface area contributed by atoms with E-state index >= 15 is 0 Å². The van der Waals surface area contributed by atoms with Crippen LogP contribution in [0.4, 0.5) is 0 Å². The Morgan fingerprint density at radius 2 is 2.00 bits per heavy atom. The highest BCUT2D eigenvalue weighted by molar-refractivity contribution is 6.32. The Labute approximate surface area is 138 Å². The van der Waals surface area contributed by atoms with E-state index in [-0.39, 0.29) is 0 Å². The highest BCUT2D eigenvalue weighted by atomic mass is 35.5. The fourth-order valence-corrected chi connectivity index (χ4v) is 2.04. The van der Waals surface area contributed by atoms with Gasteiger partial charge in [-0.1, -0.05) is 11.6 Å². The van der Waals surface area contributed by atoms with Gasteiger partial charge in [0, 0.05) is 6.08 Å². The number of nitrogens with one attached hydrogen (secondary N) is 1. The number of rotatable bonds is 7. The molecule has 23 heavy (non-hydrogen) atoms. The van der Waals surface area contributed by atoms with Crippen LogP contribution in [0.15, 0.2) is 18.2 Å². The van der Waals surface area contributed by atoms with Gasteiger partial charge in [0.05, 0.1) is 33.0 Å². The molecule has 126 valence electrons. The first kappa shape index (κ1) is 18.8. The van der Waals surface area contributed by atoms with Crippen LogP contribution in [0.25, 0.3) is 6.08 Å². The van der Waals surface area contributed by atoms with E-state index in [0.717, 1.165) is 0 Å². The van der Waals surface area contributed by atoms with Crippen LogP contribution in [-0.2, 0) is 14.3 Å². The first-order valence-corrected chi connectivity index (χ1v) is 6.93. The summed E-state index contributed by atoms with van der Waals surface area (Å²) in [7, 11) is 4.10. The van der Waals surface area contributed by atoms with E-state index in [0.29, 0.717) is 22.1 Å². The SMILES string of the molecule is COC(=O)[C@@H](CO)NC(=O)/C=C/c1cc(Cl)c(OC)c(OC)c1. The fourth-order valence-electron chi connectivity index (χ4n) is 1.75. The van der Waals surface area contributed by atoms with Gasteiger partial charge >= 0.3 is 5.97 Å². The molecule has 0 bridgehead atoms. The first-order valence-electron chi connectivity index (χ1n) is 6.55. The Kier molecular flexibility index (Phi) is 7.37. The predicted molar refractivity (Wildman–Crippen MR) is 84.6 cm³/mol. The summed E-state index contributed by atoms with van der Waals surface area (Å²) in [4.78, 5) is 23.0. The zero-order valence-corrected chi connectivity index (χ0v) is 13.7. The molecule has 0 saturated heterocycles. The number of aliphatic hydroxyl groups is 1. The minimum absolute atomic E-state index is 0.328. The van der Waals surface area contributed by atoms with Crippen LogP contribution >= 0.6 is 11.6 Å². The highest BCUT2D eigenvalue weighted by Gasteiger charge is 2.19. The minimum Gasteiger partial charge on any atom is -0.493 e. The molecule has 8 heteroatoms.